The van der Waals surface area contributed by atoms with Crippen molar-refractivity contribution in [1.29, 1.82) is 0 Å². The second kappa shape index (κ2) is 5.72. The second-order valence-electron chi connectivity index (χ2n) is 2.51. The number of unbranched alkanes of at least 4 members (excludes halogenated alkanes) is 1. The largest absolute Gasteiger partial charge is 0.212 e. The van der Waals surface area contributed by atoms with Crippen molar-refractivity contribution in [3.05, 3.63) is 11.1 Å². The highest BCUT2D eigenvalue weighted by Crippen LogP contribution is 1.99. The molecular weight excluding hydrogens is 242 g/mol. The molecule has 0 radical (unpaired) electrons. The normalized spacial score (nSPS) is 11.5. The number of halogens is 1. The molecule has 0 rings (SSSR count). The van der Waals surface area contributed by atoms with Crippen LogP contribution in [0.4, 0.5) is 0 Å². The maximum atomic E-state index is 11.1. The van der Waals surface area contributed by atoms with Gasteiger partial charge in [-0.3, -0.25) is 0 Å². The lowest BCUT2D eigenvalue weighted by molar-refractivity contribution is 0.582. The Morgan fingerprint density at radius 1 is 1.58 bits per heavy atom. The Kier molecular flexibility index (Phi) is 5.78. The van der Waals surface area contributed by atoms with Crippen LogP contribution in [-0.2, 0) is 10.0 Å². The Bertz CT molecular complexity index is 236. The zero-order valence-electron chi connectivity index (χ0n) is 7.14. The fourth-order valence-corrected chi connectivity index (χ4v) is 2.13. The Morgan fingerprint density at radius 2 is 2.17 bits per heavy atom. The summed E-state index contributed by atoms with van der Waals surface area (Å²) in [4.78, 5) is 0. The van der Waals surface area contributed by atoms with Gasteiger partial charge >= 0.3 is 0 Å². The molecule has 0 aromatic heterocycles. The SMILES string of the molecule is C=C(Br)CNS(=O)(=O)CCCC. The third-order valence-electron chi connectivity index (χ3n) is 1.25. The van der Waals surface area contributed by atoms with Crippen LogP contribution in [0.2, 0.25) is 0 Å². The summed E-state index contributed by atoms with van der Waals surface area (Å²) in [6.45, 7) is 5.76. The summed E-state index contributed by atoms with van der Waals surface area (Å²) in [5.74, 6) is 0.198. The van der Waals surface area contributed by atoms with Crippen LogP contribution in [0, 0.1) is 0 Å². The molecule has 3 nitrogen and oxygen atoms in total. The number of hydrogen-bond acceptors (Lipinski definition) is 2. The van der Waals surface area contributed by atoms with E-state index in [1.54, 1.807) is 0 Å². The molecule has 0 atom stereocenters. The molecule has 0 unspecified atom stereocenters. The third-order valence-corrected chi connectivity index (χ3v) is 2.94. The van der Waals surface area contributed by atoms with E-state index in [2.05, 4.69) is 27.2 Å². The van der Waals surface area contributed by atoms with Crippen molar-refractivity contribution >= 4 is 26.0 Å². The fraction of sp³-hybridized carbons (Fsp3) is 0.714. The summed E-state index contributed by atoms with van der Waals surface area (Å²) in [5.41, 5.74) is 0. The first-order chi connectivity index (χ1) is 5.48. The molecule has 0 saturated heterocycles. The van der Waals surface area contributed by atoms with Gasteiger partial charge in [-0.1, -0.05) is 35.9 Å². The zero-order valence-corrected chi connectivity index (χ0v) is 9.54. The van der Waals surface area contributed by atoms with Gasteiger partial charge in [0.05, 0.1) is 5.75 Å². The molecule has 12 heavy (non-hydrogen) atoms. The van der Waals surface area contributed by atoms with Crippen LogP contribution in [0.5, 0.6) is 0 Å². The summed E-state index contributed by atoms with van der Waals surface area (Å²) in [5, 5.41) is 0. The van der Waals surface area contributed by atoms with Gasteiger partial charge in [0.25, 0.3) is 0 Å². The number of rotatable bonds is 6. The van der Waals surface area contributed by atoms with Crippen molar-refractivity contribution < 1.29 is 8.42 Å². The van der Waals surface area contributed by atoms with Crippen molar-refractivity contribution in [2.45, 2.75) is 19.8 Å². The van der Waals surface area contributed by atoms with Crippen molar-refractivity contribution in [2.75, 3.05) is 12.3 Å². The lowest BCUT2D eigenvalue weighted by Crippen LogP contribution is -2.27. The molecule has 0 aliphatic heterocycles. The summed E-state index contributed by atoms with van der Waals surface area (Å²) >= 11 is 3.07. The molecule has 0 saturated carbocycles. The molecule has 0 aromatic rings. The Balaban J connectivity index is 3.80. The molecule has 72 valence electrons. The van der Waals surface area contributed by atoms with Gasteiger partial charge in [-0.15, -0.1) is 0 Å². The van der Waals surface area contributed by atoms with Gasteiger partial charge in [-0.25, -0.2) is 13.1 Å². The lowest BCUT2D eigenvalue weighted by atomic mass is 10.4. The number of nitrogens with one attached hydrogen (secondary N) is 1. The monoisotopic (exact) mass is 255 g/mol. The van der Waals surface area contributed by atoms with E-state index in [1.807, 2.05) is 6.92 Å². The number of sulfonamides is 1. The average Bonchev–Trinajstić information content (AvgIpc) is 1.98. The van der Waals surface area contributed by atoms with E-state index < -0.39 is 10.0 Å². The van der Waals surface area contributed by atoms with Crippen LogP contribution in [-0.4, -0.2) is 20.7 Å². The molecule has 0 amide bonds. The van der Waals surface area contributed by atoms with Crippen LogP contribution >= 0.6 is 15.9 Å². The Hall–Kier alpha value is 0.130. The molecule has 0 heterocycles. The average molecular weight is 256 g/mol. The molecule has 0 bridgehead atoms. The molecule has 0 spiro atoms. The van der Waals surface area contributed by atoms with Crippen LogP contribution in [0.3, 0.4) is 0 Å². The smallest absolute Gasteiger partial charge is 0.211 e. The lowest BCUT2D eigenvalue weighted by Gasteiger charge is -2.03. The summed E-state index contributed by atoms with van der Waals surface area (Å²) in [6.07, 6.45) is 1.58. The minimum atomic E-state index is -3.08. The first kappa shape index (κ1) is 12.1. The van der Waals surface area contributed by atoms with E-state index in [1.165, 1.54) is 0 Å². The van der Waals surface area contributed by atoms with Crippen molar-refractivity contribution in [3.8, 4) is 0 Å². The second-order valence-corrected chi connectivity index (χ2v) is 5.56. The van der Waals surface area contributed by atoms with Gasteiger partial charge < -0.3 is 0 Å². The highest BCUT2D eigenvalue weighted by molar-refractivity contribution is 9.11. The summed E-state index contributed by atoms with van der Waals surface area (Å²) < 4.78 is 25.3. The highest BCUT2D eigenvalue weighted by Gasteiger charge is 2.07. The molecular formula is C7H14BrNO2S. The van der Waals surface area contributed by atoms with E-state index in [0.717, 1.165) is 6.42 Å². The quantitative estimate of drug-likeness (QED) is 0.784. The molecule has 0 fully saturated rings. The highest BCUT2D eigenvalue weighted by atomic mass is 79.9. The minimum absolute atomic E-state index is 0.198. The van der Waals surface area contributed by atoms with Gasteiger partial charge in [-0.2, -0.15) is 0 Å². The van der Waals surface area contributed by atoms with Crippen molar-refractivity contribution in [2.24, 2.45) is 0 Å². The molecule has 0 aliphatic carbocycles. The number of hydrogen-bond donors (Lipinski definition) is 1. The Morgan fingerprint density at radius 3 is 2.58 bits per heavy atom. The summed E-state index contributed by atoms with van der Waals surface area (Å²) in [7, 11) is -3.08. The minimum Gasteiger partial charge on any atom is -0.212 e. The first-order valence-electron chi connectivity index (χ1n) is 3.78. The maximum absolute atomic E-state index is 11.1. The van der Waals surface area contributed by atoms with Crippen LogP contribution in [0.1, 0.15) is 19.8 Å². The van der Waals surface area contributed by atoms with E-state index in [9.17, 15) is 8.42 Å². The first-order valence-corrected chi connectivity index (χ1v) is 6.23. The predicted molar refractivity (Wildman–Crippen MR) is 54.8 cm³/mol. The van der Waals surface area contributed by atoms with Gasteiger partial charge in [0.15, 0.2) is 0 Å². The van der Waals surface area contributed by atoms with Gasteiger partial charge in [0.2, 0.25) is 10.0 Å². The Labute approximate surface area is 82.4 Å². The van der Waals surface area contributed by atoms with Crippen LogP contribution < -0.4 is 4.72 Å². The van der Waals surface area contributed by atoms with E-state index in [-0.39, 0.29) is 12.3 Å². The van der Waals surface area contributed by atoms with Crippen molar-refractivity contribution in [3.63, 3.8) is 0 Å². The van der Waals surface area contributed by atoms with E-state index in [4.69, 9.17) is 0 Å². The maximum Gasteiger partial charge on any atom is 0.211 e. The summed E-state index contributed by atoms with van der Waals surface area (Å²) in [6, 6.07) is 0. The topological polar surface area (TPSA) is 46.2 Å². The fourth-order valence-electron chi connectivity index (χ4n) is 0.595. The van der Waals surface area contributed by atoms with E-state index in [0.29, 0.717) is 10.9 Å². The predicted octanol–water partition coefficient (Wildman–Crippen LogP) is 1.61. The van der Waals surface area contributed by atoms with Crippen molar-refractivity contribution in [1.82, 2.24) is 4.72 Å². The third kappa shape index (κ3) is 6.82. The molecule has 1 N–H and O–H groups in total. The molecule has 0 aliphatic rings. The molecule has 5 heteroatoms. The van der Waals surface area contributed by atoms with Crippen LogP contribution in [0.15, 0.2) is 11.1 Å². The van der Waals surface area contributed by atoms with Crippen LogP contribution in [0.25, 0.3) is 0 Å². The zero-order chi connectivity index (χ0) is 9.61. The standard InChI is InChI=1S/C7H14BrNO2S/c1-3-4-5-12(10,11)9-6-7(2)8/h9H,2-6H2,1H3. The molecule has 0 aromatic carbocycles. The van der Waals surface area contributed by atoms with E-state index >= 15 is 0 Å². The van der Waals surface area contributed by atoms with Gasteiger partial charge in [-0.05, 0) is 6.42 Å². The van der Waals surface area contributed by atoms with Gasteiger partial charge in [0.1, 0.15) is 0 Å². The van der Waals surface area contributed by atoms with Gasteiger partial charge in [0, 0.05) is 11.0 Å².